The second-order valence-electron chi connectivity index (χ2n) is 4.78. The molecule has 2 aromatic rings. The van der Waals surface area contributed by atoms with Gasteiger partial charge in [0, 0.05) is 11.1 Å². The van der Waals surface area contributed by atoms with E-state index in [9.17, 15) is 8.42 Å². The number of hydrogen-bond donors (Lipinski definition) is 1. The van der Waals surface area contributed by atoms with E-state index in [4.69, 9.17) is 16.3 Å². The van der Waals surface area contributed by atoms with E-state index in [0.717, 1.165) is 5.56 Å². The fourth-order valence-corrected chi connectivity index (χ4v) is 3.71. The Kier molecular flexibility index (Phi) is 5.45. The van der Waals surface area contributed by atoms with Crippen molar-refractivity contribution in [1.29, 1.82) is 0 Å². The molecule has 22 heavy (non-hydrogen) atoms. The van der Waals surface area contributed by atoms with Crippen LogP contribution in [0.4, 0.5) is 0 Å². The van der Waals surface area contributed by atoms with Crippen molar-refractivity contribution in [1.82, 2.24) is 4.72 Å². The zero-order chi connectivity index (χ0) is 16.2. The molecule has 0 saturated carbocycles. The summed E-state index contributed by atoms with van der Waals surface area (Å²) in [5.41, 5.74) is 0.881. The molecule has 118 valence electrons. The maximum atomic E-state index is 12.6. The molecular weight excluding hydrogens is 322 g/mol. The highest BCUT2D eigenvalue weighted by Crippen LogP contribution is 2.28. The van der Waals surface area contributed by atoms with E-state index in [1.54, 1.807) is 26.0 Å². The fraction of sp³-hybridized carbons (Fsp3) is 0.250. The summed E-state index contributed by atoms with van der Waals surface area (Å²) >= 11 is 5.93. The van der Waals surface area contributed by atoms with E-state index in [2.05, 4.69) is 4.72 Å². The Morgan fingerprint density at radius 1 is 1.18 bits per heavy atom. The molecule has 2 rings (SSSR count). The van der Waals surface area contributed by atoms with Crippen molar-refractivity contribution in [2.75, 3.05) is 6.61 Å². The molecule has 0 heterocycles. The average Bonchev–Trinajstić information content (AvgIpc) is 2.49. The SMILES string of the molecule is CCOc1ccc(Cl)cc1S(=O)(=O)N[C@@H](C)c1ccccc1. The van der Waals surface area contributed by atoms with Crippen LogP contribution in [-0.4, -0.2) is 15.0 Å². The van der Waals surface area contributed by atoms with Gasteiger partial charge < -0.3 is 4.74 Å². The number of sulfonamides is 1. The van der Waals surface area contributed by atoms with E-state index in [1.165, 1.54) is 6.07 Å². The van der Waals surface area contributed by atoms with Gasteiger partial charge in [-0.2, -0.15) is 0 Å². The van der Waals surface area contributed by atoms with Crippen LogP contribution in [0.2, 0.25) is 5.02 Å². The Bertz CT molecular complexity index is 732. The van der Waals surface area contributed by atoms with Crippen molar-refractivity contribution in [3.63, 3.8) is 0 Å². The molecular formula is C16H18ClNO3S. The second kappa shape index (κ2) is 7.13. The molecule has 6 heteroatoms. The molecule has 0 fully saturated rings. The Hall–Kier alpha value is -1.56. The first kappa shape index (κ1) is 16.8. The highest BCUT2D eigenvalue weighted by Gasteiger charge is 2.23. The Morgan fingerprint density at radius 3 is 2.50 bits per heavy atom. The minimum atomic E-state index is -3.74. The molecule has 0 spiro atoms. The molecule has 1 N–H and O–H groups in total. The van der Waals surface area contributed by atoms with Gasteiger partial charge in [0.05, 0.1) is 6.61 Å². The molecule has 0 unspecified atom stereocenters. The third-order valence-electron chi connectivity index (χ3n) is 3.13. The summed E-state index contributed by atoms with van der Waals surface area (Å²) in [6.45, 7) is 3.96. The zero-order valence-corrected chi connectivity index (χ0v) is 14.0. The van der Waals surface area contributed by atoms with Crippen LogP contribution in [0.15, 0.2) is 53.4 Å². The van der Waals surface area contributed by atoms with Crippen molar-refractivity contribution in [2.24, 2.45) is 0 Å². The molecule has 0 saturated heterocycles. The van der Waals surface area contributed by atoms with Crippen LogP contribution in [0, 0.1) is 0 Å². The van der Waals surface area contributed by atoms with Crippen molar-refractivity contribution < 1.29 is 13.2 Å². The molecule has 2 aromatic carbocycles. The van der Waals surface area contributed by atoms with Gasteiger partial charge in [0.15, 0.2) is 0 Å². The maximum absolute atomic E-state index is 12.6. The number of ether oxygens (including phenoxy) is 1. The summed E-state index contributed by atoms with van der Waals surface area (Å²) < 4.78 is 33.3. The largest absolute Gasteiger partial charge is 0.492 e. The molecule has 0 radical (unpaired) electrons. The molecule has 1 atom stereocenters. The highest BCUT2D eigenvalue weighted by atomic mass is 35.5. The third kappa shape index (κ3) is 4.00. The van der Waals surface area contributed by atoms with E-state index in [1.807, 2.05) is 30.3 Å². The van der Waals surface area contributed by atoms with Crippen LogP contribution < -0.4 is 9.46 Å². The zero-order valence-electron chi connectivity index (χ0n) is 12.4. The number of benzene rings is 2. The molecule has 0 aromatic heterocycles. The van der Waals surface area contributed by atoms with Crippen molar-refractivity contribution in [2.45, 2.75) is 24.8 Å². The van der Waals surface area contributed by atoms with Gasteiger partial charge in [0.1, 0.15) is 10.6 Å². The van der Waals surface area contributed by atoms with E-state index >= 15 is 0 Å². The van der Waals surface area contributed by atoms with Gasteiger partial charge in [0.2, 0.25) is 10.0 Å². The average molecular weight is 340 g/mol. The minimum Gasteiger partial charge on any atom is -0.492 e. The van der Waals surface area contributed by atoms with Gasteiger partial charge in [-0.25, -0.2) is 13.1 Å². The van der Waals surface area contributed by atoms with Gasteiger partial charge in [0.25, 0.3) is 0 Å². The lowest BCUT2D eigenvalue weighted by Crippen LogP contribution is -2.27. The number of nitrogens with one attached hydrogen (secondary N) is 1. The summed E-state index contributed by atoms with van der Waals surface area (Å²) in [6, 6.07) is 13.6. The third-order valence-corrected chi connectivity index (χ3v) is 4.92. The van der Waals surface area contributed by atoms with E-state index in [0.29, 0.717) is 17.4 Å². The number of halogens is 1. The summed E-state index contributed by atoms with van der Waals surface area (Å²) in [5.74, 6) is 0.291. The Labute approximate surface area is 136 Å². The lowest BCUT2D eigenvalue weighted by Gasteiger charge is -2.17. The van der Waals surface area contributed by atoms with Crippen LogP contribution in [0.1, 0.15) is 25.5 Å². The maximum Gasteiger partial charge on any atom is 0.244 e. The molecule has 0 aliphatic carbocycles. The van der Waals surface area contributed by atoms with Gasteiger partial charge in [-0.3, -0.25) is 0 Å². The van der Waals surface area contributed by atoms with Gasteiger partial charge in [-0.1, -0.05) is 41.9 Å². The fourth-order valence-electron chi connectivity index (χ4n) is 2.07. The topological polar surface area (TPSA) is 55.4 Å². The minimum absolute atomic E-state index is 0.0460. The van der Waals surface area contributed by atoms with Crippen molar-refractivity contribution >= 4 is 21.6 Å². The van der Waals surface area contributed by atoms with Crippen LogP contribution in [0.5, 0.6) is 5.75 Å². The van der Waals surface area contributed by atoms with Crippen LogP contribution in [-0.2, 0) is 10.0 Å². The lowest BCUT2D eigenvalue weighted by molar-refractivity contribution is 0.331. The quantitative estimate of drug-likeness (QED) is 0.871. The van der Waals surface area contributed by atoms with E-state index in [-0.39, 0.29) is 10.9 Å². The molecule has 0 aliphatic heterocycles. The van der Waals surface area contributed by atoms with Gasteiger partial charge in [-0.15, -0.1) is 0 Å². The van der Waals surface area contributed by atoms with Crippen molar-refractivity contribution in [3.8, 4) is 5.75 Å². The van der Waals surface area contributed by atoms with Crippen molar-refractivity contribution in [3.05, 3.63) is 59.1 Å². The lowest BCUT2D eigenvalue weighted by atomic mass is 10.1. The Morgan fingerprint density at radius 2 is 1.86 bits per heavy atom. The van der Waals surface area contributed by atoms with E-state index < -0.39 is 10.0 Å². The van der Waals surface area contributed by atoms with Crippen LogP contribution in [0.3, 0.4) is 0 Å². The molecule has 0 bridgehead atoms. The second-order valence-corrected chi connectivity index (χ2v) is 6.90. The number of hydrogen-bond acceptors (Lipinski definition) is 3. The molecule has 0 amide bonds. The molecule has 0 aliphatic rings. The summed E-state index contributed by atoms with van der Waals surface area (Å²) in [7, 11) is -3.74. The predicted octanol–water partition coefficient (Wildman–Crippen LogP) is 3.78. The van der Waals surface area contributed by atoms with Crippen LogP contribution >= 0.6 is 11.6 Å². The summed E-state index contributed by atoms with van der Waals surface area (Å²) in [5, 5.41) is 0.344. The van der Waals surface area contributed by atoms with Crippen LogP contribution in [0.25, 0.3) is 0 Å². The number of rotatable bonds is 6. The predicted molar refractivity (Wildman–Crippen MR) is 87.8 cm³/mol. The first-order valence-electron chi connectivity index (χ1n) is 6.93. The monoisotopic (exact) mass is 339 g/mol. The first-order chi connectivity index (χ1) is 10.4. The first-order valence-corrected chi connectivity index (χ1v) is 8.80. The summed E-state index contributed by atoms with van der Waals surface area (Å²) in [6.07, 6.45) is 0. The molecule has 4 nitrogen and oxygen atoms in total. The van der Waals surface area contributed by atoms with Gasteiger partial charge >= 0.3 is 0 Å². The standard InChI is InChI=1S/C16H18ClNO3S/c1-3-21-15-10-9-14(17)11-16(15)22(19,20)18-12(2)13-7-5-4-6-8-13/h4-12,18H,3H2,1-2H3/t12-/m0/s1. The summed E-state index contributed by atoms with van der Waals surface area (Å²) in [4.78, 5) is 0.0460. The van der Waals surface area contributed by atoms with Gasteiger partial charge in [-0.05, 0) is 37.6 Å². The Balaban J connectivity index is 2.32. The smallest absolute Gasteiger partial charge is 0.244 e. The highest BCUT2D eigenvalue weighted by molar-refractivity contribution is 7.89. The normalized spacial score (nSPS) is 12.9.